The van der Waals surface area contributed by atoms with Gasteiger partial charge >= 0.3 is 6.16 Å². The third-order valence-corrected chi connectivity index (χ3v) is 4.66. The Hall–Kier alpha value is -1.75. The molecule has 0 radical (unpaired) electrons. The highest BCUT2D eigenvalue weighted by Gasteiger charge is 2.10. The van der Waals surface area contributed by atoms with Crippen molar-refractivity contribution >= 4 is 6.16 Å². The number of hydrogen-bond donors (Lipinski definition) is 2. The zero-order valence-corrected chi connectivity index (χ0v) is 16.8. The van der Waals surface area contributed by atoms with Crippen molar-refractivity contribution < 1.29 is 24.5 Å². The summed E-state index contributed by atoms with van der Waals surface area (Å²) in [5, 5.41) is 18.7. The van der Waals surface area contributed by atoms with Crippen LogP contribution in [-0.2, 0) is 11.2 Å². The fourth-order valence-corrected chi connectivity index (χ4v) is 3.08. The van der Waals surface area contributed by atoms with E-state index >= 15 is 0 Å². The quantitative estimate of drug-likeness (QED) is 0.199. The summed E-state index contributed by atoms with van der Waals surface area (Å²) in [4.78, 5) is 10.6. The third kappa shape index (κ3) is 11.5. The van der Waals surface area contributed by atoms with Crippen molar-refractivity contribution in [3.8, 4) is 11.5 Å². The van der Waals surface area contributed by atoms with Gasteiger partial charge in [-0.1, -0.05) is 70.4 Å². The predicted octanol–water partition coefficient (Wildman–Crippen LogP) is 6.32. The van der Waals surface area contributed by atoms with Crippen LogP contribution in [0.5, 0.6) is 11.5 Å². The molecule has 0 aromatic heterocycles. The fourth-order valence-electron chi connectivity index (χ4n) is 3.08. The summed E-state index contributed by atoms with van der Waals surface area (Å²) >= 11 is 0. The van der Waals surface area contributed by atoms with Crippen LogP contribution >= 0.6 is 0 Å². The largest absolute Gasteiger partial charge is 0.511 e. The van der Waals surface area contributed by atoms with E-state index in [1.165, 1.54) is 57.4 Å². The second-order valence-electron chi connectivity index (χ2n) is 7.03. The molecule has 1 rings (SSSR count). The Bertz CT molecular complexity index is 515. The van der Waals surface area contributed by atoms with Crippen LogP contribution in [-0.4, -0.2) is 29.6 Å². The summed E-state index contributed by atoms with van der Waals surface area (Å²) in [6.45, 7) is 4.02. The average Bonchev–Trinajstić information content (AvgIpc) is 2.64. The summed E-state index contributed by atoms with van der Waals surface area (Å²) in [7, 11) is 0. The van der Waals surface area contributed by atoms with Gasteiger partial charge in [-0.3, -0.25) is 0 Å². The van der Waals surface area contributed by atoms with Crippen LogP contribution in [0.25, 0.3) is 0 Å². The van der Waals surface area contributed by atoms with Crippen LogP contribution in [0.4, 0.5) is 4.79 Å². The van der Waals surface area contributed by atoms with Crippen molar-refractivity contribution in [2.75, 3.05) is 13.2 Å². The molecule has 2 N–H and O–H groups in total. The summed E-state index contributed by atoms with van der Waals surface area (Å²) in [6.07, 6.45) is 12.5. The van der Waals surface area contributed by atoms with Crippen molar-refractivity contribution in [2.24, 2.45) is 0 Å². The predicted molar refractivity (Wildman–Crippen MR) is 108 cm³/mol. The lowest BCUT2D eigenvalue weighted by molar-refractivity contribution is 0.125. The maximum Gasteiger partial charge on any atom is 0.511 e. The molecule has 0 saturated carbocycles. The molecule has 0 aliphatic heterocycles. The molecule has 0 aliphatic rings. The second-order valence-corrected chi connectivity index (χ2v) is 7.03. The second kappa shape index (κ2) is 15.3. The van der Waals surface area contributed by atoms with Gasteiger partial charge in [-0.2, -0.15) is 0 Å². The lowest BCUT2D eigenvalue weighted by Gasteiger charge is -2.08. The summed E-state index contributed by atoms with van der Waals surface area (Å²) in [5.74, 6) is -0.0535. The molecule has 5 heteroatoms. The van der Waals surface area contributed by atoms with E-state index in [0.717, 1.165) is 44.5 Å². The van der Waals surface area contributed by atoms with Gasteiger partial charge in [0.05, 0.1) is 0 Å². The summed E-state index contributed by atoms with van der Waals surface area (Å²) < 4.78 is 10.2. The number of phenols is 1. The van der Waals surface area contributed by atoms with E-state index in [2.05, 4.69) is 11.7 Å². The Balaban J connectivity index is 1.98. The first kappa shape index (κ1) is 23.3. The molecule has 0 atom stereocenters. The lowest BCUT2D eigenvalue weighted by Crippen LogP contribution is -2.03. The van der Waals surface area contributed by atoms with Gasteiger partial charge in [0.25, 0.3) is 0 Å². The van der Waals surface area contributed by atoms with Crippen molar-refractivity contribution in [1.82, 2.24) is 0 Å². The highest BCUT2D eigenvalue weighted by Crippen LogP contribution is 2.31. The molecule has 5 nitrogen and oxygen atoms in total. The molecule has 154 valence electrons. The first-order valence-corrected chi connectivity index (χ1v) is 10.4. The molecule has 0 saturated heterocycles. The van der Waals surface area contributed by atoms with Gasteiger partial charge in [-0.05, 0) is 37.3 Å². The van der Waals surface area contributed by atoms with Crippen molar-refractivity contribution in [3.63, 3.8) is 0 Å². The minimum absolute atomic E-state index is 0.00702. The van der Waals surface area contributed by atoms with Gasteiger partial charge in [0.15, 0.2) is 11.5 Å². The lowest BCUT2D eigenvalue weighted by atomic mass is 10.0. The zero-order valence-electron chi connectivity index (χ0n) is 16.8. The molecule has 0 unspecified atom stereocenters. The Labute approximate surface area is 163 Å². The smallest absolute Gasteiger partial charge is 0.504 e. The van der Waals surface area contributed by atoms with Crippen molar-refractivity contribution in [3.05, 3.63) is 23.8 Å². The SMILES string of the molecule is CCCCCCOCCCCCCCCCc1cccc(OC(=O)O)c1O. The molecule has 0 aliphatic carbocycles. The van der Waals surface area contributed by atoms with Gasteiger partial charge in [0, 0.05) is 13.2 Å². The van der Waals surface area contributed by atoms with E-state index in [0.29, 0.717) is 0 Å². The summed E-state index contributed by atoms with van der Waals surface area (Å²) in [5.41, 5.74) is 0.741. The maximum atomic E-state index is 10.6. The number of para-hydroxylation sites is 1. The van der Waals surface area contributed by atoms with Gasteiger partial charge in [-0.25, -0.2) is 4.79 Å². The van der Waals surface area contributed by atoms with E-state index in [9.17, 15) is 9.90 Å². The number of benzene rings is 1. The molecular weight excluding hydrogens is 344 g/mol. The van der Waals surface area contributed by atoms with Gasteiger partial charge in [-0.15, -0.1) is 0 Å². The number of carbonyl (C=O) groups is 1. The number of ether oxygens (including phenoxy) is 2. The normalized spacial score (nSPS) is 10.9. The van der Waals surface area contributed by atoms with Gasteiger partial charge in [0.2, 0.25) is 0 Å². The topological polar surface area (TPSA) is 76.0 Å². The minimum Gasteiger partial charge on any atom is -0.504 e. The van der Waals surface area contributed by atoms with E-state index < -0.39 is 6.16 Å². The highest BCUT2D eigenvalue weighted by atomic mass is 16.7. The molecule has 0 bridgehead atoms. The number of phenolic OH excluding ortho intramolecular Hbond substituents is 1. The van der Waals surface area contributed by atoms with Crippen LogP contribution in [0.3, 0.4) is 0 Å². The maximum absolute atomic E-state index is 10.6. The first-order chi connectivity index (χ1) is 13.1. The number of hydrogen-bond acceptors (Lipinski definition) is 4. The van der Waals surface area contributed by atoms with Crippen LogP contribution in [0, 0.1) is 0 Å². The van der Waals surface area contributed by atoms with E-state index in [4.69, 9.17) is 9.84 Å². The Morgan fingerprint density at radius 3 is 2.11 bits per heavy atom. The molecule has 0 heterocycles. The van der Waals surface area contributed by atoms with E-state index in [-0.39, 0.29) is 11.5 Å². The number of rotatable bonds is 16. The molecular formula is C22H36O5. The first-order valence-electron chi connectivity index (χ1n) is 10.4. The Kier molecular flexibility index (Phi) is 13.2. The standard InChI is InChI=1S/C22H36O5/c1-2-3-4-11-17-26-18-12-9-7-5-6-8-10-14-19-15-13-16-20(21(19)23)27-22(24)25/h13,15-16,23H,2-12,14,17-18H2,1H3,(H,24,25). The van der Waals surface area contributed by atoms with Crippen LogP contribution in [0.1, 0.15) is 83.1 Å². The molecule has 0 spiro atoms. The Morgan fingerprint density at radius 2 is 1.48 bits per heavy atom. The molecule has 1 aromatic rings. The molecule has 0 fully saturated rings. The van der Waals surface area contributed by atoms with E-state index in [1.54, 1.807) is 6.07 Å². The van der Waals surface area contributed by atoms with Crippen molar-refractivity contribution in [2.45, 2.75) is 84.0 Å². The number of aromatic hydroxyl groups is 1. The number of aryl methyl sites for hydroxylation is 1. The van der Waals surface area contributed by atoms with Crippen LogP contribution in [0.15, 0.2) is 18.2 Å². The number of unbranched alkanes of at least 4 members (excludes halogenated alkanes) is 9. The zero-order chi connectivity index (χ0) is 19.7. The van der Waals surface area contributed by atoms with Crippen LogP contribution in [0.2, 0.25) is 0 Å². The van der Waals surface area contributed by atoms with Crippen molar-refractivity contribution in [1.29, 1.82) is 0 Å². The monoisotopic (exact) mass is 380 g/mol. The number of carboxylic acid groups (broad SMARTS) is 1. The van der Waals surface area contributed by atoms with Gasteiger partial charge < -0.3 is 19.7 Å². The highest BCUT2D eigenvalue weighted by molar-refractivity contribution is 5.63. The Morgan fingerprint density at radius 1 is 0.889 bits per heavy atom. The fraction of sp³-hybridized carbons (Fsp3) is 0.682. The molecule has 0 amide bonds. The van der Waals surface area contributed by atoms with Crippen LogP contribution < -0.4 is 4.74 Å². The minimum atomic E-state index is -1.41. The average molecular weight is 381 g/mol. The van der Waals surface area contributed by atoms with Gasteiger partial charge in [0.1, 0.15) is 0 Å². The molecule has 27 heavy (non-hydrogen) atoms. The molecule has 1 aromatic carbocycles. The third-order valence-electron chi connectivity index (χ3n) is 4.66. The van der Waals surface area contributed by atoms with E-state index in [1.807, 2.05) is 6.07 Å². The summed E-state index contributed by atoms with van der Waals surface area (Å²) in [6, 6.07) is 4.98.